The molecule has 1 N–H and O–H groups in total. The molecule has 98 valence electrons. The molecule has 0 radical (unpaired) electrons. The normalized spacial score (nSPS) is 13.7. The van der Waals surface area contributed by atoms with Gasteiger partial charge in [-0.1, -0.05) is 35.7 Å². The van der Waals surface area contributed by atoms with E-state index >= 15 is 0 Å². The Morgan fingerprint density at radius 3 is 2.78 bits per heavy atom. The number of ether oxygens (including phenoxy) is 1. The number of unbranched alkanes of at least 4 members (excludes halogenated alkanes) is 1. The molecule has 3 nitrogen and oxygen atoms in total. The highest BCUT2D eigenvalue weighted by Gasteiger charge is 2.23. The number of aliphatic hydroxyl groups is 1. The zero-order valence-electron chi connectivity index (χ0n) is 10.7. The summed E-state index contributed by atoms with van der Waals surface area (Å²) in [5.41, 5.74) is 0.734. The number of hydrogen-bond donors (Lipinski definition) is 1. The van der Waals surface area contributed by atoms with Crippen LogP contribution in [0.3, 0.4) is 0 Å². The summed E-state index contributed by atoms with van der Waals surface area (Å²) in [7, 11) is 1.57. The number of rotatable bonds is 6. The second kappa shape index (κ2) is 7.40. The summed E-state index contributed by atoms with van der Waals surface area (Å²) in [6.45, 7) is 2.06. The molecule has 0 aliphatic heterocycles. The summed E-state index contributed by atoms with van der Waals surface area (Å²) >= 11 is 3.38. The lowest BCUT2D eigenvalue weighted by Gasteiger charge is -2.19. The zero-order chi connectivity index (χ0) is 13.5. The third-order valence-corrected chi connectivity index (χ3v) is 3.40. The van der Waals surface area contributed by atoms with Gasteiger partial charge in [0.2, 0.25) is 0 Å². The smallest absolute Gasteiger partial charge is 0.123 e. The first-order valence-electron chi connectivity index (χ1n) is 6.05. The van der Waals surface area contributed by atoms with E-state index in [-0.39, 0.29) is 0 Å². The van der Waals surface area contributed by atoms with Gasteiger partial charge in [-0.15, -0.1) is 0 Å². The highest BCUT2D eigenvalue weighted by molar-refractivity contribution is 9.10. The van der Waals surface area contributed by atoms with Crippen LogP contribution in [-0.2, 0) is 0 Å². The van der Waals surface area contributed by atoms with Gasteiger partial charge in [0.1, 0.15) is 11.7 Å². The van der Waals surface area contributed by atoms with Crippen LogP contribution in [0.5, 0.6) is 5.75 Å². The number of hydrogen-bond acceptors (Lipinski definition) is 3. The molecule has 0 bridgehead atoms. The maximum absolute atomic E-state index is 10.1. The zero-order valence-corrected chi connectivity index (χ0v) is 12.3. The Kier molecular flexibility index (Phi) is 6.17. The molecule has 1 aromatic carbocycles. The fourth-order valence-corrected chi connectivity index (χ4v) is 2.27. The van der Waals surface area contributed by atoms with Crippen molar-refractivity contribution in [1.82, 2.24) is 0 Å². The van der Waals surface area contributed by atoms with E-state index in [1.165, 1.54) is 0 Å². The van der Waals surface area contributed by atoms with E-state index in [0.29, 0.717) is 12.2 Å². The van der Waals surface area contributed by atoms with Gasteiger partial charge < -0.3 is 9.84 Å². The van der Waals surface area contributed by atoms with E-state index in [9.17, 15) is 10.4 Å². The van der Waals surface area contributed by atoms with Gasteiger partial charge in [0.05, 0.1) is 19.3 Å². The molecule has 0 amide bonds. The molecule has 2 unspecified atom stereocenters. The average molecular weight is 312 g/mol. The first-order valence-corrected chi connectivity index (χ1v) is 6.84. The van der Waals surface area contributed by atoms with E-state index in [1.807, 2.05) is 12.1 Å². The highest BCUT2D eigenvalue weighted by atomic mass is 79.9. The molecular formula is C14H18BrNO2. The van der Waals surface area contributed by atoms with Crippen LogP contribution >= 0.6 is 15.9 Å². The molecular weight excluding hydrogens is 294 g/mol. The minimum absolute atomic E-state index is 0.552. The number of nitrogens with zero attached hydrogens (tertiary/aromatic N) is 1. The fourth-order valence-electron chi connectivity index (χ4n) is 1.89. The Hall–Kier alpha value is -1.05. The largest absolute Gasteiger partial charge is 0.496 e. The van der Waals surface area contributed by atoms with Crippen molar-refractivity contribution in [1.29, 1.82) is 5.26 Å². The van der Waals surface area contributed by atoms with Crippen LogP contribution in [0.15, 0.2) is 22.7 Å². The lowest BCUT2D eigenvalue weighted by Crippen LogP contribution is -2.17. The quantitative estimate of drug-likeness (QED) is 0.873. The van der Waals surface area contributed by atoms with Crippen LogP contribution in [0.4, 0.5) is 0 Å². The van der Waals surface area contributed by atoms with Gasteiger partial charge in [-0.25, -0.2) is 0 Å². The number of halogens is 1. The van der Waals surface area contributed by atoms with Crippen molar-refractivity contribution in [3.05, 3.63) is 28.2 Å². The highest BCUT2D eigenvalue weighted by Crippen LogP contribution is 2.32. The summed E-state index contributed by atoms with van der Waals surface area (Å²) < 4.78 is 6.13. The molecule has 0 aliphatic rings. The SMILES string of the molecule is CCCCC(O)C(C#N)c1cc(Br)ccc1OC. The van der Waals surface area contributed by atoms with Crippen LogP contribution in [-0.4, -0.2) is 18.3 Å². The summed E-state index contributed by atoms with van der Waals surface area (Å²) in [6, 6.07) is 7.67. The predicted molar refractivity (Wildman–Crippen MR) is 74.6 cm³/mol. The molecule has 0 saturated carbocycles. The molecule has 0 heterocycles. The second-order valence-corrected chi connectivity index (χ2v) is 5.12. The van der Waals surface area contributed by atoms with Gasteiger partial charge in [0, 0.05) is 10.0 Å². The van der Waals surface area contributed by atoms with E-state index < -0.39 is 12.0 Å². The van der Waals surface area contributed by atoms with E-state index in [1.54, 1.807) is 13.2 Å². The number of benzene rings is 1. The summed E-state index contributed by atoms with van der Waals surface area (Å²) in [6.07, 6.45) is 1.89. The molecule has 0 spiro atoms. The van der Waals surface area contributed by atoms with Gasteiger partial charge in [0.25, 0.3) is 0 Å². The number of methoxy groups -OCH3 is 1. The molecule has 1 rings (SSSR count). The molecule has 0 aromatic heterocycles. The van der Waals surface area contributed by atoms with Crippen molar-refractivity contribution in [2.75, 3.05) is 7.11 Å². The minimum Gasteiger partial charge on any atom is -0.496 e. The summed E-state index contributed by atoms with van der Waals surface area (Å²) in [5, 5.41) is 19.4. The third-order valence-electron chi connectivity index (χ3n) is 2.90. The van der Waals surface area contributed by atoms with Crippen LogP contribution < -0.4 is 4.74 Å². The fraction of sp³-hybridized carbons (Fsp3) is 0.500. The van der Waals surface area contributed by atoms with E-state index in [0.717, 1.165) is 22.9 Å². The van der Waals surface area contributed by atoms with Gasteiger partial charge >= 0.3 is 0 Å². The Morgan fingerprint density at radius 1 is 1.50 bits per heavy atom. The Labute approximate surface area is 117 Å². The third kappa shape index (κ3) is 3.72. The minimum atomic E-state index is -0.654. The Bertz CT molecular complexity index is 428. The van der Waals surface area contributed by atoms with Crippen molar-refractivity contribution in [3.8, 4) is 11.8 Å². The monoisotopic (exact) mass is 311 g/mol. The van der Waals surface area contributed by atoms with Gasteiger partial charge in [-0.3, -0.25) is 0 Å². The first-order chi connectivity index (χ1) is 8.63. The number of nitriles is 1. The van der Waals surface area contributed by atoms with Gasteiger partial charge in [-0.2, -0.15) is 5.26 Å². The molecule has 1 aromatic rings. The molecule has 4 heteroatoms. The molecule has 0 fully saturated rings. The van der Waals surface area contributed by atoms with E-state index in [4.69, 9.17) is 4.74 Å². The molecule has 18 heavy (non-hydrogen) atoms. The van der Waals surface area contributed by atoms with Crippen LogP contribution in [0.1, 0.15) is 37.7 Å². The van der Waals surface area contributed by atoms with Crippen molar-refractivity contribution < 1.29 is 9.84 Å². The van der Waals surface area contributed by atoms with E-state index in [2.05, 4.69) is 28.9 Å². The van der Waals surface area contributed by atoms with Crippen LogP contribution in [0, 0.1) is 11.3 Å². The van der Waals surface area contributed by atoms with Gasteiger partial charge in [0.15, 0.2) is 0 Å². The predicted octanol–water partition coefficient (Wildman–Crippen LogP) is 3.62. The lowest BCUT2D eigenvalue weighted by molar-refractivity contribution is 0.147. The molecule has 0 saturated heterocycles. The molecule has 2 atom stereocenters. The maximum atomic E-state index is 10.1. The van der Waals surface area contributed by atoms with Gasteiger partial charge in [-0.05, 0) is 24.6 Å². The first kappa shape index (κ1) is 15.0. The average Bonchev–Trinajstić information content (AvgIpc) is 2.37. The van der Waals surface area contributed by atoms with Crippen molar-refractivity contribution in [2.24, 2.45) is 0 Å². The van der Waals surface area contributed by atoms with Crippen LogP contribution in [0.25, 0.3) is 0 Å². The lowest BCUT2D eigenvalue weighted by atomic mass is 9.91. The topological polar surface area (TPSA) is 53.2 Å². The summed E-state index contributed by atoms with van der Waals surface area (Å²) in [4.78, 5) is 0. The van der Waals surface area contributed by atoms with Crippen LogP contribution in [0.2, 0.25) is 0 Å². The summed E-state index contributed by atoms with van der Waals surface area (Å²) in [5.74, 6) is 0.0873. The Morgan fingerprint density at radius 2 is 2.22 bits per heavy atom. The van der Waals surface area contributed by atoms with Crippen molar-refractivity contribution in [3.63, 3.8) is 0 Å². The van der Waals surface area contributed by atoms with Crippen molar-refractivity contribution in [2.45, 2.75) is 38.2 Å². The van der Waals surface area contributed by atoms with Crippen molar-refractivity contribution >= 4 is 15.9 Å². The second-order valence-electron chi connectivity index (χ2n) is 4.20. The number of aliphatic hydroxyl groups excluding tert-OH is 1. The molecule has 0 aliphatic carbocycles. The standard InChI is InChI=1S/C14H18BrNO2/c1-3-4-5-13(17)12(9-16)11-8-10(15)6-7-14(11)18-2/h6-8,12-13,17H,3-5H2,1-2H3. The maximum Gasteiger partial charge on any atom is 0.123 e. The Balaban J connectivity index is 3.01.